The highest BCUT2D eigenvalue weighted by Crippen LogP contribution is 2.25. The molecule has 1 nitrogen and oxygen atoms in total. The van der Waals surface area contributed by atoms with Gasteiger partial charge in [-0.15, -0.1) is 0 Å². The van der Waals surface area contributed by atoms with E-state index in [-0.39, 0.29) is 0 Å². The molecule has 1 fully saturated rings. The molecule has 1 saturated heterocycles. The van der Waals surface area contributed by atoms with Gasteiger partial charge in [-0.1, -0.05) is 79.2 Å². The first-order valence-corrected chi connectivity index (χ1v) is 7.83. The van der Waals surface area contributed by atoms with Crippen LogP contribution in [0.1, 0.15) is 24.5 Å². The Hall–Kier alpha value is -1.86. The minimum absolute atomic E-state index is 0.641. The molecule has 0 aliphatic carbocycles. The zero-order valence-corrected chi connectivity index (χ0v) is 12.7. The minimum atomic E-state index is 0.641. The average Bonchev–Trinajstić information content (AvgIpc) is 2.52. The molecule has 0 radical (unpaired) electrons. The summed E-state index contributed by atoms with van der Waals surface area (Å²) in [5.74, 6) is 0.641. The summed E-state index contributed by atoms with van der Waals surface area (Å²) in [6, 6.07) is 21.5. The van der Waals surface area contributed by atoms with Gasteiger partial charge in [-0.3, -0.25) is 4.90 Å². The number of benzene rings is 2. The van der Waals surface area contributed by atoms with E-state index in [1.807, 2.05) is 0 Å². The third-order valence-electron chi connectivity index (χ3n) is 4.28. The van der Waals surface area contributed by atoms with Gasteiger partial charge in [-0.05, 0) is 23.5 Å². The van der Waals surface area contributed by atoms with E-state index in [1.54, 1.807) is 5.57 Å². The minimum Gasteiger partial charge on any atom is -0.298 e. The average molecular weight is 277 g/mol. The Balaban J connectivity index is 1.63. The van der Waals surface area contributed by atoms with E-state index in [0.717, 1.165) is 19.6 Å². The zero-order chi connectivity index (χ0) is 14.5. The third kappa shape index (κ3) is 3.83. The molecule has 0 saturated carbocycles. The van der Waals surface area contributed by atoms with Crippen LogP contribution in [0.15, 0.2) is 66.2 Å². The van der Waals surface area contributed by atoms with Gasteiger partial charge in [0.25, 0.3) is 0 Å². The Morgan fingerprint density at radius 3 is 2.33 bits per heavy atom. The van der Waals surface area contributed by atoms with Crippen LogP contribution in [-0.4, -0.2) is 18.0 Å². The van der Waals surface area contributed by atoms with E-state index in [4.69, 9.17) is 0 Å². The van der Waals surface area contributed by atoms with Crippen LogP contribution in [0.5, 0.6) is 0 Å². The molecule has 0 amide bonds. The Morgan fingerprint density at radius 1 is 1.00 bits per heavy atom. The van der Waals surface area contributed by atoms with Gasteiger partial charge in [0.2, 0.25) is 0 Å². The number of likely N-dealkylation sites (tertiary alicyclic amines) is 1. The van der Waals surface area contributed by atoms with Crippen molar-refractivity contribution in [2.75, 3.05) is 13.1 Å². The van der Waals surface area contributed by atoms with Crippen LogP contribution in [0, 0.1) is 5.92 Å². The van der Waals surface area contributed by atoms with Crippen molar-refractivity contribution in [1.82, 2.24) is 4.90 Å². The predicted molar refractivity (Wildman–Crippen MR) is 89.9 cm³/mol. The highest BCUT2D eigenvalue weighted by molar-refractivity contribution is 5.53. The third-order valence-corrected chi connectivity index (χ3v) is 4.28. The lowest BCUT2D eigenvalue weighted by molar-refractivity contribution is 0.214. The van der Waals surface area contributed by atoms with Gasteiger partial charge in [0.05, 0.1) is 0 Å². The molecule has 1 heteroatoms. The molecule has 21 heavy (non-hydrogen) atoms. The highest BCUT2D eigenvalue weighted by Gasteiger charge is 2.20. The fourth-order valence-corrected chi connectivity index (χ4v) is 3.09. The lowest BCUT2D eigenvalue weighted by Gasteiger charge is -2.33. The Kier molecular flexibility index (Phi) is 4.52. The van der Waals surface area contributed by atoms with Crippen molar-refractivity contribution in [3.05, 3.63) is 77.4 Å². The summed E-state index contributed by atoms with van der Waals surface area (Å²) < 4.78 is 0. The van der Waals surface area contributed by atoms with Crippen LogP contribution < -0.4 is 0 Å². The normalized spacial score (nSPS) is 21.6. The standard InChI is InChI=1S/C20H23N/c1-17-15-21(16-19-10-6-3-7-11-19)13-12-20(17)14-18-8-4-2-5-9-18/h2-11,14,17H,12-13,15-16H2,1H3/b20-14-. The van der Waals surface area contributed by atoms with Crippen LogP contribution in [0.2, 0.25) is 0 Å². The maximum absolute atomic E-state index is 2.57. The predicted octanol–water partition coefficient (Wildman–Crippen LogP) is 4.61. The van der Waals surface area contributed by atoms with Gasteiger partial charge in [-0.2, -0.15) is 0 Å². The summed E-state index contributed by atoms with van der Waals surface area (Å²) in [6.07, 6.45) is 3.56. The second-order valence-corrected chi connectivity index (χ2v) is 6.00. The topological polar surface area (TPSA) is 3.24 Å². The molecule has 1 heterocycles. The van der Waals surface area contributed by atoms with Gasteiger partial charge < -0.3 is 0 Å². The van der Waals surface area contributed by atoms with Crippen LogP contribution >= 0.6 is 0 Å². The molecule has 0 N–H and O–H groups in total. The Labute approximate surface area is 127 Å². The summed E-state index contributed by atoms with van der Waals surface area (Å²) in [5.41, 5.74) is 4.33. The largest absolute Gasteiger partial charge is 0.298 e. The first-order chi connectivity index (χ1) is 10.3. The summed E-state index contributed by atoms with van der Waals surface area (Å²) >= 11 is 0. The van der Waals surface area contributed by atoms with E-state index in [0.29, 0.717) is 5.92 Å². The van der Waals surface area contributed by atoms with Crippen molar-refractivity contribution < 1.29 is 0 Å². The van der Waals surface area contributed by atoms with Crippen LogP contribution in [0.3, 0.4) is 0 Å². The van der Waals surface area contributed by atoms with Crippen molar-refractivity contribution in [2.45, 2.75) is 19.9 Å². The molecule has 2 aromatic carbocycles. The maximum Gasteiger partial charge on any atom is 0.0234 e. The Bertz CT molecular complexity index is 586. The van der Waals surface area contributed by atoms with Gasteiger partial charge in [0.15, 0.2) is 0 Å². The highest BCUT2D eigenvalue weighted by atomic mass is 15.1. The molecular formula is C20H23N. The molecular weight excluding hydrogens is 254 g/mol. The quantitative estimate of drug-likeness (QED) is 0.791. The molecule has 0 bridgehead atoms. The second-order valence-electron chi connectivity index (χ2n) is 6.00. The van der Waals surface area contributed by atoms with E-state index >= 15 is 0 Å². The molecule has 1 atom stereocenters. The van der Waals surface area contributed by atoms with E-state index in [9.17, 15) is 0 Å². The van der Waals surface area contributed by atoms with Crippen molar-refractivity contribution in [1.29, 1.82) is 0 Å². The molecule has 1 aliphatic heterocycles. The number of nitrogens with zero attached hydrogens (tertiary/aromatic N) is 1. The molecule has 2 aromatic rings. The van der Waals surface area contributed by atoms with Gasteiger partial charge in [0.1, 0.15) is 0 Å². The van der Waals surface area contributed by atoms with Crippen LogP contribution in [0.4, 0.5) is 0 Å². The fourth-order valence-electron chi connectivity index (χ4n) is 3.09. The van der Waals surface area contributed by atoms with E-state index < -0.39 is 0 Å². The van der Waals surface area contributed by atoms with Crippen molar-refractivity contribution in [3.8, 4) is 0 Å². The molecule has 0 spiro atoms. The van der Waals surface area contributed by atoms with Crippen molar-refractivity contribution in [2.24, 2.45) is 5.92 Å². The lowest BCUT2D eigenvalue weighted by atomic mass is 9.91. The van der Waals surface area contributed by atoms with Gasteiger partial charge in [-0.25, -0.2) is 0 Å². The number of hydrogen-bond donors (Lipinski definition) is 0. The molecule has 108 valence electrons. The molecule has 3 rings (SSSR count). The lowest BCUT2D eigenvalue weighted by Crippen LogP contribution is -2.35. The molecule has 1 unspecified atom stereocenters. The molecule has 1 aliphatic rings. The summed E-state index contributed by atoms with van der Waals surface area (Å²) in [4.78, 5) is 2.57. The van der Waals surface area contributed by atoms with Gasteiger partial charge >= 0.3 is 0 Å². The first-order valence-electron chi connectivity index (χ1n) is 7.83. The smallest absolute Gasteiger partial charge is 0.0234 e. The van der Waals surface area contributed by atoms with Gasteiger partial charge in [0, 0.05) is 19.6 Å². The van der Waals surface area contributed by atoms with Crippen LogP contribution in [0.25, 0.3) is 6.08 Å². The van der Waals surface area contributed by atoms with E-state index in [1.165, 1.54) is 17.5 Å². The number of piperidine rings is 1. The number of hydrogen-bond acceptors (Lipinski definition) is 1. The summed E-state index contributed by atoms with van der Waals surface area (Å²) in [7, 11) is 0. The monoisotopic (exact) mass is 277 g/mol. The fraction of sp³-hybridized carbons (Fsp3) is 0.300. The van der Waals surface area contributed by atoms with Crippen LogP contribution in [-0.2, 0) is 6.54 Å². The summed E-state index contributed by atoms with van der Waals surface area (Å²) in [5, 5.41) is 0. The SMILES string of the molecule is CC1CN(Cc2ccccc2)CC/C1=C/c1ccccc1. The second kappa shape index (κ2) is 6.73. The van der Waals surface area contributed by atoms with Crippen molar-refractivity contribution in [3.63, 3.8) is 0 Å². The zero-order valence-electron chi connectivity index (χ0n) is 12.7. The first kappa shape index (κ1) is 14.1. The van der Waals surface area contributed by atoms with E-state index in [2.05, 4.69) is 78.6 Å². The summed E-state index contributed by atoms with van der Waals surface area (Å²) in [6.45, 7) is 5.75. The molecule has 0 aromatic heterocycles. The maximum atomic E-state index is 2.57. The van der Waals surface area contributed by atoms with Crippen molar-refractivity contribution >= 4 is 6.08 Å². The number of rotatable bonds is 3. The Morgan fingerprint density at radius 2 is 1.67 bits per heavy atom.